The Morgan fingerprint density at radius 1 is 0.750 bits per heavy atom. The van der Waals surface area contributed by atoms with Crippen molar-refractivity contribution >= 4 is 11.8 Å². The Morgan fingerprint density at radius 3 is 1.80 bits per heavy atom. The van der Waals surface area contributed by atoms with Crippen LogP contribution < -0.4 is 20.5 Å². The molecule has 3 N–H and O–H groups in total. The molecule has 4 bridgehead atoms. The van der Waals surface area contributed by atoms with E-state index >= 15 is 0 Å². The molecule has 4 aliphatic carbocycles. The minimum absolute atomic E-state index is 0.0127. The first-order valence-electron chi connectivity index (χ1n) is 14.5. The predicted molar refractivity (Wildman–Crippen MR) is 153 cm³/mol. The monoisotopic (exact) mass is 538 g/mol. The van der Waals surface area contributed by atoms with Crippen LogP contribution in [0.25, 0.3) is 0 Å². The minimum Gasteiger partial charge on any atom is -0.485 e. The number of hydrogen-bond acceptors (Lipinski definition) is 4. The van der Waals surface area contributed by atoms with Gasteiger partial charge in [0.1, 0.15) is 19.3 Å². The number of benzene rings is 3. The second-order valence-electron chi connectivity index (χ2n) is 12.2. The molecule has 4 saturated carbocycles. The van der Waals surface area contributed by atoms with Gasteiger partial charge in [0.05, 0.1) is 0 Å². The molecule has 6 nitrogen and oxygen atoms in total. The lowest BCUT2D eigenvalue weighted by atomic mass is 9.49. The van der Waals surface area contributed by atoms with Crippen molar-refractivity contribution < 1.29 is 19.1 Å². The van der Waals surface area contributed by atoms with Gasteiger partial charge in [-0.15, -0.1) is 0 Å². The Hall–Kier alpha value is -3.80. The van der Waals surface area contributed by atoms with E-state index in [9.17, 15) is 9.59 Å². The third-order valence-corrected chi connectivity index (χ3v) is 9.09. The molecule has 1 atom stereocenters. The van der Waals surface area contributed by atoms with E-state index in [1.807, 2.05) is 78.9 Å². The van der Waals surface area contributed by atoms with Crippen molar-refractivity contribution in [2.24, 2.45) is 28.9 Å². The molecule has 3 aromatic rings. The fourth-order valence-corrected chi connectivity index (χ4v) is 7.54. The first kappa shape index (κ1) is 26.4. The van der Waals surface area contributed by atoms with Crippen molar-refractivity contribution in [1.82, 2.24) is 5.32 Å². The van der Waals surface area contributed by atoms with Crippen LogP contribution in [0, 0.1) is 23.2 Å². The largest absolute Gasteiger partial charge is 0.485 e. The van der Waals surface area contributed by atoms with Crippen LogP contribution in [-0.4, -0.2) is 17.9 Å². The number of carbonyl (C=O) groups is 2. The molecule has 7 rings (SSSR count). The van der Waals surface area contributed by atoms with Crippen LogP contribution in [0.5, 0.6) is 11.5 Å². The number of nitrogens with two attached hydrogens (primary N) is 1. The maximum atomic E-state index is 13.6. The molecule has 6 heteroatoms. The Labute approximate surface area is 236 Å². The van der Waals surface area contributed by atoms with Crippen LogP contribution in [0.4, 0.5) is 0 Å². The van der Waals surface area contributed by atoms with Crippen LogP contribution in [0.3, 0.4) is 0 Å². The molecule has 40 heavy (non-hydrogen) atoms. The second-order valence-corrected chi connectivity index (χ2v) is 12.2. The second kappa shape index (κ2) is 11.4. The highest BCUT2D eigenvalue weighted by molar-refractivity contribution is 5.90. The van der Waals surface area contributed by atoms with Gasteiger partial charge in [-0.1, -0.05) is 66.7 Å². The third-order valence-electron chi connectivity index (χ3n) is 9.09. The number of amides is 2. The summed E-state index contributed by atoms with van der Waals surface area (Å²) in [4.78, 5) is 26.2. The summed E-state index contributed by atoms with van der Waals surface area (Å²) in [6.45, 7) is 0.793. The highest BCUT2D eigenvalue weighted by Gasteiger charge is 2.54. The lowest BCUT2D eigenvalue weighted by Gasteiger charge is -2.55. The highest BCUT2D eigenvalue weighted by Crippen LogP contribution is 2.60. The molecular weight excluding hydrogens is 500 g/mol. The highest BCUT2D eigenvalue weighted by atomic mass is 16.5. The molecule has 208 valence electrons. The molecule has 4 fully saturated rings. The lowest BCUT2D eigenvalue weighted by molar-refractivity contribution is -0.148. The minimum atomic E-state index is -0.779. The van der Waals surface area contributed by atoms with Gasteiger partial charge in [-0.2, -0.15) is 0 Å². The summed E-state index contributed by atoms with van der Waals surface area (Å²) in [6.07, 6.45) is 6.92. The molecule has 0 unspecified atom stereocenters. The van der Waals surface area contributed by atoms with Crippen molar-refractivity contribution in [3.05, 3.63) is 95.6 Å². The van der Waals surface area contributed by atoms with Crippen LogP contribution in [0.1, 0.15) is 55.2 Å². The zero-order chi connectivity index (χ0) is 27.5. The molecule has 0 spiro atoms. The smallest absolute Gasteiger partial charge is 0.240 e. The van der Waals surface area contributed by atoms with Crippen molar-refractivity contribution in [2.75, 3.05) is 0 Å². The van der Waals surface area contributed by atoms with E-state index in [4.69, 9.17) is 15.2 Å². The van der Waals surface area contributed by atoms with E-state index in [1.165, 1.54) is 19.3 Å². The molecule has 0 radical (unpaired) electrons. The number of primary amides is 1. The molecule has 4 aliphatic rings. The molecule has 0 saturated heterocycles. The Bertz CT molecular complexity index is 1310. The van der Waals surface area contributed by atoms with Crippen LogP contribution >= 0.6 is 0 Å². The van der Waals surface area contributed by atoms with Crippen LogP contribution in [0.2, 0.25) is 0 Å². The number of ether oxygens (including phenoxy) is 2. The van der Waals surface area contributed by atoms with Gasteiger partial charge in [0.15, 0.2) is 11.5 Å². The topological polar surface area (TPSA) is 90.7 Å². The normalized spacial score (nSPS) is 25.2. The molecule has 0 aliphatic heterocycles. The number of nitrogens with one attached hydrogen (secondary N) is 1. The summed E-state index contributed by atoms with van der Waals surface area (Å²) in [6, 6.07) is 24.8. The maximum Gasteiger partial charge on any atom is 0.240 e. The molecule has 3 aromatic carbocycles. The van der Waals surface area contributed by atoms with Crippen molar-refractivity contribution in [3.8, 4) is 11.5 Å². The summed E-state index contributed by atoms with van der Waals surface area (Å²) in [5, 5.41) is 3.08. The Morgan fingerprint density at radius 2 is 1.27 bits per heavy atom. The summed E-state index contributed by atoms with van der Waals surface area (Å²) in [7, 11) is 0. The summed E-state index contributed by atoms with van der Waals surface area (Å²) in [5.74, 6) is 2.66. The Balaban J connectivity index is 1.18. The Kier molecular flexibility index (Phi) is 7.50. The number of rotatable bonds is 11. The molecule has 0 heterocycles. The van der Waals surface area contributed by atoms with Gasteiger partial charge < -0.3 is 20.5 Å². The number of carbonyl (C=O) groups excluding carboxylic acids is 2. The van der Waals surface area contributed by atoms with E-state index in [1.54, 1.807) is 0 Å². The van der Waals surface area contributed by atoms with E-state index in [2.05, 4.69) is 5.32 Å². The summed E-state index contributed by atoms with van der Waals surface area (Å²) in [5.41, 5.74) is 8.45. The van der Waals surface area contributed by atoms with Gasteiger partial charge in [0.25, 0.3) is 0 Å². The zero-order valence-electron chi connectivity index (χ0n) is 22.9. The molecular formula is C34H38N2O4. The predicted octanol–water partition coefficient (Wildman–Crippen LogP) is 5.57. The van der Waals surface area contributed by atoms with Gasteiger partial charge in [-0.05, 0) is 85.1 Å². The SMILES string of the molecule is NC(=O)[C@@H](Cc1ccc(OCc2ccccc2)c(OCc2ccccc2)c1)NC(=O)C12CC3CC(CC(C3)C1)C2. The average Bonchev–Trinajstić information content (AvgIpc) is 2.95. The quantitative estimate of drug-likeness (QED) is 0.334. The van der Waals surface area contributed by atoms with Crippen LogP contribution in [-0.2, 0) is 29.2 Å². The number of hydrogen-bond donors (Lipinski definition) is 2. The standard InChI is InChI=1S/C34H38N2O4/c35-32(37)29(36-33(38)34-18-26-13-27(19-34)15-28(14-26)20-34)16-25-11-12-30(39-21-23-7-3-1-4-8-23)31(17-25)40-22-24-9-5-2-6-10-24/h1-12,17,26-29H,13-16,18-22H2,(H2,35,37)(H,36,38)/t26?,27?,28?,29-,34?/m1/s1. The summed E-state index contributed by atoms with van der Waals surface area (Å²) >= 11 is 0. The van der Waals surface area contributed by atoms with Crippen molar-refractivity contribution in [3.63, 3.8) is 0 Å². The zero-order valence-corrected chi connectivity index (χ0v) is 22.9. The van der Waals surface area contributed by atoms with Crippen LogP contribution in [0.15, 0.2) is 78.9 Å². The fourth-order valence-electron chi connectivity index (χ4n) is 7.54. The third kappa shape index (κ3) is 5.86. The first-order chi connectivity index (χ1) is 19.5. The van der Waals surface area contributed by atoms with Crippen molar-refractivity contribution in [2.45, 2.75) is 64.2 Å². The van der Waals surface area contributed by atoms with Gasteiger partial charge in [0.2, 0.25) is 11.8 Å². The molecule has 0 aromatic heterocycles. The summed E-state index contributed by atoms with van der Waals surface area (Å²) < 4.78 is 12.3. The van der Waals surface area contributed by atoms with Gasteiger partial charge in [0, 0.05) is 11.8 Å². The fraction of sp³-hybridized carbons (Fsp3) is 0.412. The lowest BCUT2D eigenvalue weighted by Crippen LogP contribution is -2.57. The van der Waals surface area contributed by atoms with Crippen molar-refractivity contribution in [1.29, 1.82) is 0 Å². The van der Waals surface area contributed by atoms with E-state index in [0.717, 1.165) is 36.0 Å². The maximum absolute atomic E-state index is 13.6. The average molecular weight is 539 g/mol. The first-order valence-corrected chi connectivity index (χ1v) is 14.5. The van der Waals surface area contributed by atoms with Gasteiger partial charge in [-0.25, -0.2) is 0 Å². The van der Waals surface area contributed by atoms with E-state index < -0.39 is 11.9 Å². The van der Waals surface area contributed by atoms with Gasteiger partial charge in [-0.3, -0.25) is 9.59 Å². The van der Waals surface area contributed by atoms with E-state index in [0.29, 0.717) is 48.9 Å². The van der Waals surface area contributed by atoms with E-state index in [-0.39, 0.29) is 11.3 Å². The van der Waals surface area contributed by atoms with Gasteiger partial charge >= 0.3 is 0 Å². The molecule has 2 amide bonds.